The van der Waals surface area contributed by atoms with Crippen molar-refractivity contribution in [3.05, 3.63) is 30.3 Å². The predicted octanol–water partition coefficient (Wildman–Crippen LogP) is 2.00. The molecule has 0 unspecified atom stereocenters. The summed E-state index contributed by atoms with van der Waals surface area (Å²) in [4.78, 5) is 13.3. The van der Waals surface area contributed by atoms with Gasteiger partial charge >= 0.3 is 6.09 Å². The number of ether oxygens (including phenoxy) is 1. The Balaban J connectivity index is 2.74. The van der Waals surface area contributed by atoms with Gasteiger partial charge in [0.05, 0.1) is 6.61 Å². The molecule has 2 N–H and O–H groups in total. The summed E-state index contributed by atoms with van der Waals surface area (Å²) in [5.41, 5.74) is 6.29. The highest BCUT2D eigenvalue weighted by molar-refractivity contribution is 5.87. The topological polar surface area (TPSA) is 55.6 Å². The molecule has 1 rings (SSSR count). The van der Waals surface area contributed by atoms with E-state index < -0.39 is 0 Å². The number of carbonyl (C=O) groups is 1. The molecule has 1 amide bonds. The largest absolute Gasteiger partial charge is 0.449 e. The Bertz CT molecular complexity index is 314. The lowest BCUT2D eigenvalue weighted by Gasteiger charge is -2.21. The van der Waals surface area contributed by atoms with Crippen LogP contribution in [0.25, 0.3) is 0 Å². The van der Waals surface area contributed by atoms with Crippen LogP contribution in [-0.4, -0.2) is 25.8 Å². The number of nitrogens with zero attached hydrogens (tertiary/aromatic N) is 1. The summed E-state index contributed by atoms with van der Waals surface area (Å²) in [7, 11) is 0. The second kappa shape index (κ2) is 6.85. The molecule has 4 heteroatoms. The molecule has 0 saturated heterocycles. The Morgan fingerprint density at radius 3 is 2.62 bits per heavy atom. The summed E-state index contributed by atoms with van der Waals surface area (Å²) >= 11 is 0. The quantitative estimate of drug-likeness (QED) is 0.829. The molecular weight excluding hydrogens is 204 g/mol. The van der Waals surface area contributed by atoms with Crippen LogP contribution in [0.2, 0.25) is 0 Å². The summed E-state index contributed by atoms with van der Waals surface area (Å²) in [6.45, 7) is 3.32. The van der Waals surface area contributed by atoms with Crippen LogP contribution in [0.4, 0.5) is 10.5 Å². The molecule has 0 saturated carbocycles. The maximum Gasteiger partial charge on any atom is 0.414 e. The number of benzene rings is 1. The minimum Gasteiger partial charge on any atom is -0.449 e. The second-order valence-electron chi connectivity index (χ2n) is 3.33. The van der Waals surface area contributed by atoms with Crippen LogP contribution in [0.15, 0.2) is 30.3 Å². The fourth-order valence-electron chi connectivity index (χ4n) is 1.38. The molecule has 0 aromatic heterocycles. The van der Waals surface area contributed by atoms with Gasteiger partial charge in [0.25, 0.3) is 0 Å². The number of nitrogens with two attached hydrogens (primary N) is 1. The van der Waals surface area contributed by atoms with Gasteiger partial charge < -0.3 is 10.5 Å². The maximum atomic E-state index is 11.7. The molecule has 0 spiro atoms. The summed E-state index contributed by atoms with van der Waals surface area (Å²) in [6, 6.07) is 9.46. The molecule has 0 heterocycles. The highest BCUT2D eigenvalue weighted by Gasteiger charge is 2.15. The van der Waals surface area contributed by atoms with Crippen molar-refractivity contribution in [2.45, 2.75) is 13.3 Å². The zero-order chi connectivity index (χ0) is 11.8. The average molecular weight is 222 g/mol. The minimum absolute atomic E-state index is 0.317. The molecule has 4 nitrogen and oxygen atoms in total. The summed E-state index contributed by atoms with van der Waals surface area (Å²) < 4.78 is 5.00. The fraction of sp³-hybridized carbons (Fsp3) is 0.417. The van der Waals surface area contributed by atoms with Gasteiger partial charge in [-0.2, -0.15) is 0 Å². The number of hydrogen-bond acceptors (Lipinski definition) is 3. The monoisotopic (exact) mass is 222 g/mol. The van der Waals surface area contributed by atoms with Crippen molar-refractivity contribution in [3.63, 3.8) is 0 Å². The molecule has 1 aromatic carbocycles. The van der Waals surface area contributed by atoms with Gasteiger partial charge in [-0.1, -0.05) is 18.2 Å². The molecule has 0 aliphatic heterocycles. The maximum absolute atomic E-state index is 11.7. The average Bonchev–Trinajstić information content (AvgIpc) is 2.31. The molecular formula is C12H18N2O2. The number of hydrogen-bond donors (Lipinski definition) is 1. The number of carbonyl (C=O) groups excluding carboxylic acids is 1. The lowest BCUT2D eigenvalue weighted by molar-refractivity contribution is 0.159. The van der Waals surface area contributed by atoms with Gasteiger partial charge in [-0.3, -0.25) is 4.90 Å². The molecule has 0 bridgehead atoms. The number of para-hydroxylation sites is 1. The lowest BCUT2D eigenvalue weighted by atomic mass is 10.3. The third-order valence-corrected chi connectivity index (χ3v) is 2.14. The van der Waals surface area contributed by atoms with Crippen molar-refractivity contribution in [1.29, 1.82) is 0 Å². The van der Waals surface area contributed by atoms with Gasteiger partial charge in [0.15, 0.2) is 0 Å². The minimum atomic E-state index is -0.317. The Hall–Kier alpha value is -1.55. The third-order valence-electron chi connectivity index (χ3n) is 2.14. The van der Waals surface area contributed by atoms with E-state index in [4.69, 9.17) is 10.5 Å². The molecule has 0 aliphatic rings. The summed E-state index contributed by atoms with van der Waals surface area (Å²) in [6.07, 6.45) is 0.440. The van der Waals surface area contributed by atoms with Crippen LogP contribution in [-0.2, 0) is 4.74 Å². The van der Waals surface area contributed by atoms with Gasteiger partial charge in [0.1, 0.15) is 0 Å². The van der Waals surface area contributed by atoms with Crippen LogP contribution >= 0.6 is 0 Å². The highest BCUT2D eigenvalue weighted by Crippen LogP contribution is 2.14. The highest BCUT2D eigenvalue weighted by atomic mass is 16.6. The first-order valence-electron chi connectivity index (χ1n) is 5.49. The number of amides is 1. The van der Waals surface area contributed by atoms with E-state index in [1.54, 1.807) is 11.8 Å². The van der Waals surface area contributed by atoms with E-state index in [1.165, 1.54) is 0 Å². The molecule has 0 fully saturated rings. The third kappa shape index (κ3) is 3.55. The van der Waals surface area contributed by atoms with E-state index >= 15 is 0 Å². The Labute approximate surface area is 96.0 Å². The Morgan fingerprint density at radius 2 is 2.06 bits per heavy atom. The number of anilines is 1. The van der Waals surface area contributed by atoms with Crippen molar-refractivity contribution < 1.29 is 9.53 Å². The van der Waals surface area contributed by atoms with Gasteiger partial charge in [-0.25, -0.2) is 4.79 Å². The zero-order valence-electron chi connectivity index (χ0n) is 9.56. The summed E-state index contributed by atoms with van der Waals surface area (Å²) in [5, 5.41) is 0. The van der Waals surface area contributed by atoms with Crippen molar-refractivity contribution in [1.82, 2.24) is 0 Å². The van der Waals surface area contributed by atoms with E-state index in [0.717, 1.165) is 12.1 Å². The molecule has 16 heavy (non-hydrogen) atoms. The normalized spacial score (nSPS) is 9.88. The Morgan fingerprint density at radius 1 is 1.38 bits per heavy atom. The molecule has 0 aliphatic carbocycles. The predicted molar refractivity (Wildman–Crippen MR) is 64.5 cm³/mol. The van der Waals surface area contributed by atoms with Crippen LogP contribution < -0.4 is 10.6 Å². The van der Waals surface area contributed by atoms with Crippen LogP contribution in [0.1, 0.15) is 13.3 Å². The first-order chi connectivity index (χ1) is 7.79. The molecule has 0 radical (unpaired) electrons. The molecule has 1 aromatic rings. The first kappa shape index (κ1) is 12.5. The van der Waals surface area contributed by atoms with Crippen molar-refractivity contribution >= 4 is 11.8 Å². The van der Waals surface area contributed by atoms with Crippen LogP contribution in [0, 0.1) is 0 Å². The van der Waals surface area contributed by atoms with Crippen molar-refractivity contribution in [3.8, 4) is 0 Å². The molecule has 88 valence electrons. The number of rotatable bonds is 5. The first-order valence-corrected chi connectivity index (χ1v) is 5.49. The van der Waals surface area contributed by atoms with Crippen LogP contribution in [0.5, 0.6) is 0 Å². The van der Waals surface area contributed by atoms with E-state index in [0.29, 0.717) is 19.7 Å². The smallest absolute Gasteiger partial charge is 0.414 e. The van der Waals surface area contributed by atoms with Gasteiger partial charge in [-0.05, 0) is 32.0 Å². The second-order valence-corrected chi connectivity index (χ2v) is 3.33. The lowest BCUT2D eigenvalue weighted by Crippen LogP contribution is -2.33. The van der Waals surface area contributed by atoms with E-state index in [1.807, 2.05) is 30.3 Å². The SMILES string of the molecule is CCOC(=O)N(CCCN)c1ccccc1. The standard InChI is InChI=1S/C12H18N2O2/c1-2-16-12(15)14(10-6-9-13)11-7-4-3-5-8-11/h3-5,7-8H,2,6,9-10,13H2,1H3. The van der Waals surface area contributed by atoms with E-state index in [2.05, 4.69) is 0 Å². The van der Waals surface area contributed by atoms with E-state index in [-0.39, 0.29) is 6.09 Å². The Kier molecular flexibility index (Phi) is 5.36. The summed E-state index contributed by atoms with van der Waals surface area (Å²) in [5.74, 6) is 0. The van der Waals surface area contributed by atoms with Gasteiger partial charge in [0, 0.05) is 12.2 Å². The van der Waals surface area contributed by atoms with Crippen molar-refractivity contribution in [2.75, 3.05) is 24.6 Å². The van der Waals surface area contributed by atoms with Gasteiger partial charge in [0.2, 0.25) is 0 Å². The zero-order valence-corrected chi connectivity index (χ0v) is 9.56. The van der Waals surface area contributed by atoms with Crippen LogP contribution in [0.3, 0.4) is 0 Å². The van der Waals surface area contributed by atoms with Crippen molar-refractivity contribution in [2.24, 2.45) is 5.73 Å². The fourth-order valence-corrected chi connectivity index (χ4v) is 1.38. The van der Waals surface area contributed by atoms with Gasteiger partial charge in [-0.15, -0.1) is 0 Å². The van der Waals surface area contributed by atoms with E-state index in [9.17, 15) is 4.79 Å². The molecule has 0 atom stereocenters.